The van der Waals surface area contributed by atoms with E-state index in [2.05, 4.69) is 20.8 Å². The van der Waals surface area contributed by atoms with Crippen molar-refractivity contribution in [3.63, 3.8) is 0 Å². The van der Waals surface area contributed by atoms with Gasteiger partial charge in [0.05, 0.1) is 0 Å². The quantitative estimate of drug-likeness (QED) is 0.622. The lowest BCUT2D eigenvalue weighted by molar-refractivity contribution is 0.138. The Kier molecular flexibility index (Phi) is 9.12. The van der Waals surface area contributed by atoms with E-state index in [1.54, 1.807) is 0 Å². The van der Waals surface area contributed by atoms with E-state index in [4.69, 9.17) is 10.2 Å². The predicted octanol–water partition coefficient (Wildman–Crippen LogP) is 2.83. The third kappa shape index (κ3) is 8.88. The minimum Gasteiger partial charge on any atom is -0.396 e. The Bertz CT molecular complexity index is 130. The minimum atomic E-state index is 0.0950. The third-order valence-corrected chi connectivity index (χ3v) is 3.06. The van der Waals surface area contributed by atoms with Gasteiger partial charge in [-0.25, -0.2) is 0 Å². The molecule has 0 aromatic rings. The molecule has 0 saturated heterocycles. The van der Waals surface area contributed by atoms with Crippen molar-refractivity contribution < 1.29 is 10.2 Å². The molecule has 0 saturated carbocycles. The van der Waals surface area contributed by atoms with E-state index >= 15 is 0 Å². The van der Waals surface area contributed by atoms with E-state index in [0.717, 1.165) is 24.7 Å². The molecule has 0 rings (SSSR count). The molecule has 1 atom stereocenters. The van der Waals surface area contributed by atoms with Crippen molar-refractivity contribution in [2.24, 2.45) is 17.8 Å². The summed E-state index contributed by atoms with van der Waals surface area (Å²) in [5.41, 5.74) is 0. The van der Waals surface area contributed by atoms with Gasteiger partial charge in [0, 0.05) is 19.1 Å². The Labute approximate surface area is 94.7 Å². The first-order valence-electron chi connectivity index (χ1n) is 6.31. The van der Waals surface area contributed by atoms with Crippen molar-refractivity contribution >= 4 is 0 Å². The fourth-order valence-corrected chi connectivity index (χ4v) is 1.78. The lowest BCUT2D eigenvalue weighted by Crippen LogP contribution is -2.12. The van der Waals surface area contributed by atoms with Crippen LogP contribution in [-0.4, -0.2) is 23.4 Å². The largest absolute Gasteiger partial charge is 0.396 e. The van der Waals surface area contributed by atoms with Gasteiger partial charge in [-0.1, -0.05) is 46.5 Å². The first kappa shape index (κ1) is 14.9. The summed E-state index contributed by atoms with van der Waals surface area (Å²) in [6.07, 6.45) is 5.98. The molecule has 2 nitrogen and oxygen atoms in total. The predicted molar refractivity (Wildman–Crippen MR) is 64.7 cm³/mol. The third-order valence-electron chi connectivity index (χ3n) is 3.06. The maximum Gasteiger partial charge on any atom is 0.0481 e. The molecule has 0 aliphatic carbocycles. The molecule has 0 spiro atoms. The Morgan fingerprint density at radius 2 is 1.40 bits per heavy atom. The van der Waals surface area contributed by atoms with E-state index in [-0.39, 0.29) is 19.1 Å². The summed E-state index contributed by atoms with van der Waals surface area (Å²) in [6, 6.07) is 0. The van der Waals surface area contributed by atoms with Gasteiger partial charge in [0.2, 0.25) is 0 Å². The lowest BCUT2D eigenvalue weighted by Gasteiger charge is -2.15. The van der Waals surface area contributed by atoms with Crippen LogP contribution in [0.15, 0.2) is 0 Å². The molecule has 0 aromatic heterocycles. The maximum atomic E-state index is 8.93. The van der Waals surface area contributed by atoms with E-state index in [1.807, 2.05) is 0 Å². The average molecular weight is 216 g/mol. The van der Waals surface area contributed by atoms with Crippen LogP contribution >= 0.6 is 0 Å². The maximum absolute atomic E-state index is 8.93. The molecule has 2 N–H and O–H groups in total. The topological polar surface area (TPSA) is 40.5 Å². The van der Waals surface area contributed by atoms with Crippen LogP contribution in [0.1, 0.15) is 52.9 Å². The minimum absolute atomic E-state index is 0.0950. The zero-order chi connectivity index (χ0) is 11.7. The molecular formula is C13H28O2. The SMILES string of the molecule is CC(C)CCCC(C)CCC(CO)CO. The second-order valence-corrected chi connectivity index (χ2v) is 5.24. The molecular weight excluding hydrogens is 188 g/mol. The highest BCUT2D eigenvalue weighted by atomic mass is 16.3. The molecule has 0 aliphatic heterocycles. The molecule has 0 heterocycles. The summed E-state index contributed by atoms with van der Waals surface area (Å²) in [4.78, 5) is 0. The first-order valence-corrected chi connectivity index (χ1v) is 6.31. The monoisotopic (exact) mass is 216 g/mol. The lowest BCUT2D eigenvalue weighted by atomic mass is 9.93. The zero-order valence-corrected chi connectivity index (χ0v) is 10.6. The normalized spacial score (nSPS) is 13.8. The molecule has 0 fully saturated rings. The first-order chi connectivity index (χ1) is 7.10. The van der Waals surface area contributed by atoms with E-state index in [9.17, 15) is 0 Å². The van der Waals surface area contributed by atoms with E-state index < -0.39 is 0 Å². The number of rotatable bonds is 9. The summed E-state index contributed by atoms with van der Waals surface area (Å²) in [7, 11) is 0. The van der Waals surface area contributed by atoms with Crippen LogP contribution in [0.25, 0.3) is 0 Å². The Hall–Kier alpha value is -0.0800. The van der Waals surface area contributed by atoms with Crippen molar-refractivity contribution in [2.75, 3.05) is 13.2 Å². The molecule has 0 aliphatic rings. The smallest absolute Gasteiger partial charge is 0.0481 e. The molecule has 92 valence electrons. The van der Waals surface area contributed by atoms with Crippen LogP contribution in [0.4, 0.5) is 0 Å². The second-order valence-electron chi connectivity index (χ2n) is 5.24. The molecule has 1 unspecified atom stereocenters. The number of aliphatic hydroxyl groups excluding tert-OH is 2. The molecule has 0 amide bonds. The van der Waals surface area contributed by atoms with Gasteiger partial charge >= 0.3 is 0 Å². The number of aliphatic hydroxyl groups is 2. The van der Waals surface area contributed by atoms with Gasteiger partial charge in [-0.05, 0) is 18.3 Å². The van der Waals surface area contributed by atoms with Gasteiger partial charge in [-0.3, -0.25) is 0 Å². The van der Waals surface area contributed by atoms with Crippen molar-refractivity contribution in [1.29, 1.82) is 0 Å². The van der Waals surface area contributed by atoms with Crippen LogP contribution in [0.3, 0.4) is 0 Å². The van der Waals surface area contributed by atoms with E-state index in [0.29, 0.717) is 0 Å². The van der Waals surface area contributed by atoms with Crippen molar-refractivity contribution in [3.05, 3.63) is 0 Å². The van der Waals surface area contributed by atoms with Crippen LogP contribution in [-0.2, 0) is 0 Å². The van der Waals surface area contributed by atoms with Gasteiger partial charge in [0.15, 0.2) is 0 Å². The van der Waals surface area contributed by atoms with Gasteiger partial charge < -0.3 is 10.2 Å². The Morgan fingerprint density at radius 3 is 1.87 bits per heavy atom. The highest BCUT2D eigenvalue weighted by Gasteiger charge is 2.09. The summed E-state index contributed by atoms with van der Waals surface area (Å²) in [6.45, 7) is 7.03. The fraction of sp³-hybridized carbons (Fsp3) is 1.00. The van der Waals surface area contributed by atoms with Crippen LogP contribution < -0.4 is 0 Å². The van der Waals surface area contributed by atoms with Crippen LogP contribution in [0.5, 0.6) is 0 Å². The van der Waals surface area contributed by atoms with Crippen molar-refractivity contribution in [2.45, 2.75) is 52.9 Å². The van der Waals surface area contributed by atoms with Crippen LogP contribution in [0.2, 0.25) is 0 Å². The van der Waals surface area contributed by atoms with Gasteiger partial charge in [-0.2, -0.15) is 0 Å². The molecule has 0 radical (unpaired) electrons. The molecule has 2 heteroatoms. The zero-order valence-electron chi connectivity index (χ0n) is 10.6. The second kappa shape index (κ2) is 9.17. The standard InChI is InChI=1S/C13H28O2/c1-11(2)5-4-6-12(3)7-8-13(9-14)10-15/h11-15H,4-10H2,1-3H3. The summed E-state index contributed by atoms with van der Waals surface area (Å²) >= 11 is 0. The summed E-state index contributed by atoms with van der Waals surface area (Å²) in [5.74, 6) is 1.63. The number of hydrogen-bond donors (Lipinski definition) is 2. The average Bonchev–Trinajstić information content (AvgIpc) is 2.18. The molecule has 0 aromatic carbocycles. The summed E-state index contributed by atoms with van der Waals surface area (Å²) < 4.78 is 0. The fourth-order valence-electron chi connectivity index (χ4n) is 1.78. The Balaban J connectivity index is 3.43. The summed E-state index contributed by atoms with van der Waals surface area (Å²) in [5, 5.41) is 17.9. The Morgan fingerprint density at radius 1 is 0.800 bits per heavy atom. The van der Waals surface area contributed by atoms with Crippen LogP contribution in [0, 0.1) is 17.8 Å². The van der Waals surface area contributed by atoms with E-state index in [1.165, 1.54) is 19.3 Å². The van der Waals surface area contributed by atoms with Crippen molar-refractivity contribution in [1.82, 2.24) is 0 Å². The van der Waals surface area contributed by atoms with Gasteiger partial charge in [0.25, 0.3) is 0 Å². The highest BCUT2D eigenvalue weighted by molar-refractivity contribution is 4.61. The van der Waals surface area contributed by atoms with Gasteiger partial charge in [0.1, 0.15) is 0 Å². The van der Waals surface area contributed by atoms with Crippen molar-refractivity contribution in [3.8, 4) is 0 Å². The van der Waals surface area contributed by atoms with Gasteiger partial charge in [-0.15, -0.1) is 0 Å². The molecule has 0 bridgehead atoms. The number of hydrogen-bond acceptors (Lipinski definition) is 2. The highest BCUT2D eigenvalue weighted by Crippen LogP contribution is 2.19. The molecule has 15 heavy (non-hydrogen) atoms.